The topological polar surface area (TPSA) is 79.3 Å². The summed E-state index contributed by atoms with van der Waals surface area (Å²) < 4.78 is 10.6. The molecule has 1 amide bonds. The summed E-state index contributed by atoms with van der Waals surface area (Å²) in [6.07, 6.45) is 3.06. The molecule has 1 saturated carbocycles. The Hall–Kier alpha value is -2.28. The number of carbonyl (C=O) groups excluding carboxylic acids is 1. The van der Waals surface area contributed by atoms with Crippen molar-refractivity contribution in [1.82, 2.24) is 9.80 Å². The summed E-state index contributed by atoms with van der Waals surface area (Å²) in [6, 6.07) is 5.59. The molecule has 1 N–H and O–H groups in total. The van der Waals surface area contributed by atoms with Crippen molar-refractivity contribution in [3.8, 4) is 11.5 Å². The number of carboxylic acids is 1. The van der Waals surface area contributed by atoms with E-state index in [0.29, 0.717) is 17.4 Å². The predicted octanol–water partition coefficient (Wildman–Crippen LogP) is 1.60. The fraction of sp³-hybridized carbons (Fsp3) is 0.579. The molecular weight excluding hydrogens is 336 g/mol. The van der Waals surface area contributed by atoms with Crippen molar-refractivity contribution in [1.29, 1.82) is 0 Å². The zero-order chi connectivity index (χ0) is 18.5. The van der Waals surface area contributed by atoms with Crippen LogP contribution in [0.5, 0.6) is 11.5 Å². The Morgan fingerprint density at radius 3 is 2.65 bits per heavy atom. The van der Waals surface area contributed by atoms with Crippen LogP contribution in [0, 0.1) is 5.92 Å². The van der Waals surface area contributed by atoms with Gasteiger partial charge in [-0.25, -0.2) is 4.79 Å². The zero-order valence-electron chi connectivity index (χ0n) is 15.1. The number of methoxy groups -OCH3 is 1. The summed E-state index contributed by atoms with van der Waals surface area (Å²) in [6.45, 7) is 3.72. The van der Waals surface area contributed by atoms with Crippen LogP contribution < -0.4 is 9.47 Å². The number of benzene rings is 1. The van der Waals surface area contributed by atoms with Gasteiger partial charge in [0.25, 0.3) is 0 Å². The Kier molecular flexibility index (Phi) is 5.98. The number of aliphatic carboxylic acids is 1. The predicted molar refractivity (Wildman–Crippen MR) is 95.3 cm³/mol. The van der Waals surface area contributed by atoms with Gasteiger partial charge in [-0.3, -0.25) is 9.69 Å². The lowest BCUT2D eigenvalue weighted by Gasteiger charge is -2.22. The first-order valence-corrected chi connectivity index (χ1v) is 9.09. The van der Waals surface area contributed by atoms with E-state index in [0.717, 1.165) is 57.5 Å². The lowest BCUT2D eigenvalue weighted by molar-refractivity contribution is -0.139. The van der Waals surface area contributed by atoms with Gasteiger partial charge in [0.15, 0.2) is 18.1 Å². The second kappa shape index (κ2) is 8.40. The molecule has 1 heterocycles. The Balaban J connectivity index is 1.59. The van der Waals surface area contributed by atoms with Crippen molar-refractivity contribution in [3.05, 3.63) is 23.8 Å². The normalized spacial score (nSPS) is 18.3. The van der Waals surface area contributed by atoms with Gasteiger partial charge in [0.1, 0.15) is 0 Å². The summed E-state index contributed by atoms with van der Waals surface area (Å²) >= 11 is 0. The van der Waals surface area contributed by atoms with E-state index in [1.165, 1.54) is 7.11 Å². The molecule has 2 fully saturated rings. The third kappa shape index (κ3) is 4.88. The molecule has 7 nitrogen and oxygen atoms in total. The first-order valence-electron chi connectivity index (χ1n) is 9.09. The minimum atomic E-state index is -1.02. The molecule has 1 aromatic rings. The molecule has 2 aliphatic rings. The van der Waals surface area contributed by atoms with E-state index in [1.807, 2.05) is 17.0 Å². The monoisotopic (exact) mass is 362 g/mol. The maximum atomic E-state index is 12.2. The van der Waals surface area contributed by atoms with Gasteiger partial charge in [-0.1, -0.05) is 6.07 Å². The summed E-state index contributed by atoms with van der Waals surface area (Å²) in [4.78, 5) is 27.3. The zero-order valence-corrected chi connectivity index (χ0v) is 15.1. The van der Waals surface area contributed by atoms with Crippen LogP contribution in [0.4, 0.5) is 0 Å². The highest BCUT2D eigenvalue weighted by molar-refractivity contribution is 5.81. The maximum absolute atomic E-state index is 12.2. The van der Waals surface area contributed by atoms with E-state index >= 15 is 0 Å². The average molecular weight is 362 g/mol. The van der Waals surface area contributed by atoms with E-state index in [4.69, 9.17) is 14.6 Å². The summed E-state index contributed by atoms with van der Waals surface area (Å²) in [5.41, 5.74) is 1.04. The van der Waals surface area contributed by atoms with Gasteiger partial charge in [0.05, 0.1) is 7.11 Å². The molecule has 0 aromatic heterocycles. The molecule has 1 aliphatic carbocycles. The van der Waals surface area contributed by atoms with Crippen LogP contribution in [0.2, 0.25) is 0 Å². The SMILES string of the molecule is COc1ccc(CN2CCCN(C(=O)C3CC3)CC2)cc1OCC(=O)O. The molecule has 7 heteroatoms. The molecule has 0 atom stereocenters. The van der Waals surface area contributed by atoms with E-state index in [9.17, 15) is 9.59 Å². The number of ether oxygens (including phenoxy) is 2. The number of carboxylic acid groups (broad SMARTS) is 1. The van der Waals surface area contributed by atoms with Crippen molar-refractivity contribution < 1.29 is 24.2 Å². The molecule has 1 saturated heterocycles. The summed E-state index contributed by atoms with van der Waals surface area (Å²) in [5, 5.41) is 8.81. The summed E-state index contributed by atoms with van der Waals surface area (Å²) in [5.74, 6) is 0.531. The maximum Gasteiger partial charge on any atom is 0.341 e. The van der Waals surface area contributed by atoms with E-state index in [-0.39, 0.29) is 5.92 Å². The number of carbonyl (C=O) groups is 2. The molecule has 0 bridgehead atoms. The van der Waals surface area contributed by atoms with Crippen molar-refractivity contribution in [2.45, 2.75) is 25.8 Å². The largest absolute Gasteiger partial charge is 0.493 e. The van der Waals surface area contributed by atoms with Gasteiger partial charge in [0, 0.05) is 38.6 Å². The number of nitrogens with zero attached hydrogens (tertiary/aromatic N) is 2. The standard InChI is InChI=1S/C19H26N2O5/c1-25-16-6-3-14(11-17(16)26-13-18(22)23)12-20-7-2-8-21(10-9-20)19(24)15-4-5-15/h3,6,11,15H,2,4-5,7-10,12-13H2,1H3,(H,22,23). The molecule has 3 rings (SSSR count). The molecule has 1 aromatic carbocycles. The van der Waals surface area contributed by atoms with Crippen molar-refractivity contribution in [2.75, 3.05) is 39.9 Å². The van der Waals surface area contributed by atoms with Gasteiger partial charge in [0.2, 0.25) is 5.91 Å². The van der Waals surface area contributed by atoms with Gasteiger partial charge in [-0.15, -0.1) is 0 Å². The van der Waals surface area contributed by atoms with Gasteiger partial charge in [-0.05, 0) is 37.0 Å². The highest BCUT2D eigenvalue weighted by atomic mass is 16.5. The molecule has 0 unspecified atom stereocenters. The van der Waals surface area contributed by atoms with Crippen LogP contribution in [0.15, 0.2) is 18.2 Å². The van der Waals surface area contributed by atoms with Crippen LogP contribution in [0.1, 0.15) is 24.8 Å². The fourth-order valence-corrected chi connectivity index (χ4v) is 3.27. The van der Waals surface area contributed by atoms with E-state index in [2.05, 4.69) is 4.90 Å². The molecule has 0 radical (unpaired) electrons. The highest BCUT2D eigenvalue weighted by Crippen LogP contribution is 2.31. The smallest absolute Gasteiger partial charge is 0.341 e. The van der Waals surface area contributed by atoms with Crippen LogP contribution >= 0.6 is 0 Å². The van der Waals surface area contributed by atoms with Crippen molar-refractivity contribution in [3.63, 3.8) is 0 Å². The Bertz CT molecular complexity index is 659. The van der Waals surface area contributed by atoms with E-state index in [1.54, 1.807) is 6.07 Å². The van der Waals surface area contributed by atoms with Crippen LogP contribution in [0.3, 0.4) is 0 Å². The van der Waals surface area contributed by atoms with Gasteiger partial charge < -0.3 is 19.5 Å². The number of hydrogen-bond donors (Lipinski definition) is 1. The Morgan fingerprint density at radius 1 is 1.15 bits per heavy atom. The minimum Gasteiger partial charge on any atom is -0.493 e. The van der Waals surface area contributed by atoms with Crippen LogP contribution in [0.25, 0.3) is 0 Å². The third-order valence-corrected chi connectivity index (χ3v) is 4.81. The Morgan fingerprint density at radius 2 is 1.96 bits per heavy atom. The molecule has 1 aliphatic heterocycles. The highest BCUT2D eigenvalue weighted by Gasteiger charge is 2.33. The Labute approximate surface area is 153 Å². The second-order valence-electron chi connectivity index (χ2n) is 6.90. The number of amides is 1. The lowest BCUT2D eigenvalue weighted by atomic mass is 10.2. The van der Waals surface area contributed by atoms with Crippen LogP contribution in [-0.4, -0.2) is 66.7 Å². The van der Waals surface area contributed by atoms with Crippen molar-refractivity contribution in [2.24, 2.45) is 5.92 Å². The number of hydrogen-bond acceptors (Lipinski definition) is 5. The van der Waals surface area contributed by atoms with Gasteiger partial charge >= 0.3 is 5.97 Å². The third-order valence-electron chi connectivity index (χ3n) is 4.81. The van der Waals surface area contributed by atoms with E-state index < -0.39 is 12.6 Å². The fourth-order valence-electron chi connectivity index (χ4n) is 3.27. The first kappa shape index (κ1) is 18.5. The minimum absolute atomic E-state index is 0.275. The van der Waals surface area contributed by atoms with Crippen molar-refractivity contribution >= 4 is 11.9 Å². The van der Waals surface area contributed by atoms with Gasteiger partial charge in [-0.2, -0.15) is 0 Å². The number of rotatable bonds is 7. The molecular formula is C19H26N2O5. The molecule has 142 valence electrons. The summed E-state index contributed by atoms with van der Waals surface area (Å²) in [7, 11) is 1.53. The lowest BCUT2D eigenvalue weighted by Crippen LogP contribution is -2.36. The quantitative estimate of drug-likeness (QED) is 0.794. The first-order chi connectivity index (χ1) is 12.6. The second-order valence-corrected chi connectivity index (χ2v) is 6.90. The average Bonchev–Trinajstić information content (AvgIpc) is 3.47. The molecule has 26 heavy (non-hydrogen) atoms. The molecule has 0 spiro atoms. The van der Waals surface area contributed by atoms with Crippen LogP contribution in [-0.2, 0) is 16.1 Å².